The largest absolute Gasteiger partial charge is 0.336 e. The molecule has 0 spiro atoms. The van der Waals surface area contributed by atoms with Gasteiger partial charge in [-0.25, -0.2) is 0 Å². The van der Waals surface area contributed by atoms with Crippen LogP contribution in [-0.4, -0.2) is 44.6 Å². The van der Waals surface area contributed by atoms with Crippen LogP contribution in [0, 0.1) is 6.92 Å². The summed E-state index contributed by atoms with van der Waals surface area (Å²) in [6.07, 6.45) is 0.591. The SMILES string of the molecule is Cc1ccc(NC(=O)CC2C(=O)N(c3ccccc3)C(=S)N2CCc2ccc(Cl)cc2)nn1. The van der Waals surface area contributed by atoms with Crippen LogP contribution in [-0.2, 0) is 16.0 Å². The first-order chi connectivity index (χ1) is 15.9. The molecule has 168 valence electrons. The Morgan fingerprint density at radius 3 is 2.45 bits per heavy atom. The molecule has 0 saturated carbocycles. The van der Waals surface area contributed by atoms with Gasteiger partial charge < -0.3 is 10.2 Å². The number of rotatable bonds is 7. The summed E-state index contributed by atoms with van der Waals surface area (Å²) in [5.41, 5.74) is 2.48. The van der Waals surface area contributed by atoms with E-state index < -0.39 is 6.04 Å². The van der Waals surface area contributed by atoms with E-state index in [-0.39, 0.29) is 18.2 Å². The molecular formula is C24H22ClN5O2S. The van der Waals surface area contributed by atoms with Crippen LogP contribution in [0.1, 0.15) is 17.7 Å². The average molecular weight is 480 g/mol. The maximum atomic E-state index is 13.4. The van der Waals surface area contributed by atoms with Gasteiger partial charge in [-0.2, -0.15) is 5.10 Å². The fourth-order valence-electron chi connectivity index (χ4n) is 3.64. The van der Waals surface area contributed by atoms with Crippen molar-refractivity contribution in [3.63, 3.8) is 0 Å². The van der Waals surface area contributed by atoms with Crippen molar-refractivity contribution in [1.29, 1.82) is 0 Å². The Balaban J connectivity index is 1.54. The highest BCUT2D eigenvalue weighted by atomic mass is 35.5. The molecule has 2 aromatic carbocycles. The molecule has 1 aliphatic heterocycles. The van der Waals surface area contributed by atoms with Crippen molar-refractivity contribution in [3.8, 4) is 0 Å². The minimum Gasteiger partial charge on any atom is -0.336 e. The summed E-state index contributed by atoms with van der Waals surface area (Å²) in [7, 11) is 0. The number of nitrogens with zero attached hydrogens (tertiary/aromatic N) is 4. The average Bonchev–Trinajstić information content (AvgIpc) is 3.04. The van der Waals surface area contributed by atoms with Gasteiger partial charge in [0.15, 0.2) is 10.9 Å². The Morgan fingerprint density at radius 2 is 1.79 bits per heavy atom. The lowest BCUT2D eigenvalue weighted by atomic mass is 10.1. The third kappa shape index (κ3) is 5.35. The number of anilines is 2. The van der Waals surface area contributed by atoms with Crippen molar-refractivity contribution in [1.82, 2.24) is 15.1 Å². The molecular weight excluding hydrogens is 458 g/mol. The van der Waals surface area contributed by atoms with Crippen molar-refractivity contribution >= 4 is 52.3 Å². The van der Waals surface area contributed by atoms with E-state index in [0.717, 1.165) is 11.3 Å². The Hall–Kier alpha value is -3.36. The second kappa shape index (κ2) is 10.1. The quantitative estimate of drug-likeness (QED) is 0.516. The van der Waals surface area contributed by atoms with Crippen LogP contribution in [0.4, 0.5) is 11.5 Å². The second-order valence-corrected chi connectivity index (χ2v) is 8.49. The highest BCUT2D eigenvalue weighted by Crippen LogP contribution is 2.27. The maximum absolute atomic E-state index is 13.4. The van der Waals surface area contributed by atoms with Crippen molar-refractivity contribution in [2.75, 3.05) is 16.8 Å². The Bertz CT molecular complexity index is 1160. The highest BCUT2D eigenvalue weighted by molar-refractivity contribution is 7.80. The number of amides is 2. The molecule has 1 unspecified atom stereocenters. The topological polar surface area (TPSA) is 78.4 Å². The smallest absolute Gasteiger partial charge is 0.256 e. The van der Waals surface area contributed by atoms with Crippen LogP contribution in [0.3, 0.4) is 0 Å². The van der Waals surface area contributed by atoms with E-state index in [1.807, 2.05) is 66.4 Å². The zero-order chi connectivity index (χ0) is 23.4. The van der Waals surface area contributed by atoms with Crippen LogP contribution in [0.2, 0.25) is 5.02 Å². The monoisotopic (exact) mass is 479 g/mol. The van der Waals surface area contributed by atoms with E-state index in [1.165, 1.54) is 4.90 Å². The summed E-state index contributed by atoms with van der Waals surface area (Å²) in [6.45, 7) is 2.30. The van der Waals surface area contributed by atoms with Gasteiger partial charge in [-0.15, -0.1) is 5.10 Å². The number of halogens is 1. The molecule has 2 amide bonds. The number of hydrogen-bond donors (Lipinski definition) is 1. The van der Waals surface area contributed by atoms with E-state index in [9.17, 15) is 9.59 Å². The number of nitrogens with one attached hydrogen (secondary N) is 1. The molecule has 7 nitrogen and oxygen atoms in total. The number of benzene rings is 2. The van der Waals surface area contributed by atoms with E-state index in [0.29, 0.717) is 34.6 Å². The fraction of sp³-hybridized carbons (Fsp3) is 0.208. The van der Waals surface area contributed by atoms with Crippen LogP contribution in [0.5, 0.6) is 0 Å². The number of aryl methyl sites for hydroxylation is 1. The minimum atomic E-state index is -0.719. The molecule has 9 heteroatoms. The predicted octanol–water partition coefficient (Wildman–Crippen LogP) is 4.01. The van der Waals surface area contributed by atoms with Gasteiger partial charge >= 0.3 is 0 Å². The van der Waals surface area contributed by atoms with Gasteiger partial charge in [0.2, 0.25) is 5.91 Å². The lowest BCUT2D eigenvalue weighted by Gasteiger charge is -2.24. The van der Waals surface area contributed by atoms with Crippen molar-refractivity contribution < 1.29 is 9.59 Å². The van der Waals surface area contributed by atoms with Crippen molar-refractivity contribution in [3.05, 3.63) is 83.0 Å². The Labute approximate surface area is 202 Å². The Kier molecular flexibility index (Phi) is 6.96. The third-order valence-corrected chi connectivity index (χ3v) is 6.00. The van der Waals surface area contributed by atoms with Crippen LogP contribution in [0.15, 0.2) is 66.7 Å². The van der Waals surface area contributed by atoms with E-state index in [1.54, 1.807) is 12.1 Å². The molecule has 1 atom stereocenters. The summed E-state index contributed by atoms with van der Waals surface area (Å²) in [6, 6.07) is 19.5. The first kappa shape index (κ1) is 22.8. The van der Waals surface area contributed by atoms with Gasteiger partial charge in [-0.1, -0.05) is 41.9 Å². The number of hydrogen-bond acceptors (Lipinski definition) is 5. The number of thiocarbonyl (C=S) groups is 1. The van der Waals surface area contributed by atoms with Crippen LogP contribution in [0.25, 0.3) is 0 Å². The maximum Gasteiger partial charge on any atom is 0.256 e. The molecule has 0 bridgehead atoms. The van der Waals surface area contributed by atoms with Crippen molar-refractivity contribution in [2.45, 2.75) is 25.8 Å². The highest BCUT2D eigenvalue weighted by Gasteiger charge is 2.43. The standard InChI is InChI=1S/C24H22ClN5O2S/c1-16-7-12-21(28-27-16)26-22(31)15-20-23(32)30(19-5-3-2-4-6-19)24(33)29(20)14-13-17-8-10-18(25)11-9-17/h2-12,20H,13-15H2,1H3,(H,26,28,31). The van der Waals surface area contributed by atoms with Gasteiger partial charge in [0.05, 0.1) is 17.8 Å². The molecule has 1 N–H and O–H groups in total. The summed E-state index contributed by atoms with van der Waals surface area (Å²) in [5, 5.41) is 11.7. The number of aromatic nitrogens is 2. The van der Waals surface area contributed by atoms with E-state index in [2.05, 4.69) is 15.5 Å². The molecule has 33 heavy (non-hydrogen) atoms. The minimum absolute atomic E-state index is 0.0571. The summed E-state index contributed by atoms with van der Waals surface area (Å²) in [5.74, 6) is -0.223. The van der Waals surface area contributed by atoms with Crippen molar-refractivity contribution in [2.24, 2.45) is 0 Å². The lowest BCUT2D eigenvalue weighted by molar-refractivity contribution is -0.124. The van der Waals surface area contributed by atoms with Crippen LogP contribution < -0.4 is 10.2 Å². The van der Waals surface area contributed by atoms with Gasteiger partial charge in [0.25, 0.3) is 5.91 Å². The fourth-order valence-corrected chi connectivity index (χ4v) is 4.18. The van der Waals surface area contributed by atoms with E-state index >= 15 is 0 Å². The molecule has 1 aliphatic rings. The number of para-hydroxylation sites is 1. The molecule has 1 saturated heterocycles. The van der Waals surface area contributed by atoms with Crippen LogP contribution >= 0.6 is 23.8 Å². The molecule has 3 aromatic rings. The molecule has 1 aromatic heterocycles. The van der Waals surface area contributed by atoms with E-state index in [4.69, 9.17) is 23.8 Å². The summed E-state index contributed by atoms with van der Waals surface area (Å²) >= 11 is 11.7. The zero-order valence-electron chi connectivity index (χ0n) is 17.9. The van der Waals surface area contributed by atoms with Gasteiger partial charge in [-0.3, -0.25) is 14.5 Å². The molecule has 0 aliphatic carbocycles. The summed E-state index contributed by atoms with van der Waals surface area (Å²) < 4.78 is 0. The molecule has 2 heterocycles. The first-order valence-corrected chi connectivity index (χ1v) is 11.3. The van der Waals surface area contributed by atoms with Gasteiger partial charge in [0, 0.05) is 11.6 Å². The second-order valence-electron chi connectivity index (χ2n) is 7.69. The Morgan fingerprint density at radius 1 is 1.06 bits per heavy atom. The zero-order valence-corrected chi connectivity index (χ0v) is 19.5. The molecule has 0 radical (unpaired) electrons. The third-order valence-electron chi connectivity index (χ3n) is 5.33. The number of carbonyl (C=O) groups excluding carboxylic acids is 2. The predicted molar refractivity (Wildman–Crippen MR) is 132 cm³/mol. The number of carbonyl (C=O) groups is 2. The first-order valence-electron chi connectivity index (χ1n) is 10.5. The summed E-state index contributed by atoms with van der Waals surface area (Å²) in [4.78, 5) is 29.5. The molecule has 1 fully saturated rings. The molecule has 4 rings (SSSR count). The lowest BCUT2D eigenvalue weighted by Crippen LogP contribution is -2.39. The normalized spacial score (nSPS) is 15.8. The van der Waals surface area contributed by atoms with Gasteiger partial charge in [0.1, 0.15) is 6.04 Å². The van der Waals surface area contributed by atoms with Gasteiger partial charge in [-0.05, 0) is 67.5 Å².